The van der Waals surface area contributed by atoms with Crippen molar-refractivity contribution in [3.05, 3.63) is 388 Å². The Kier molecular flexibility index (Phi) is 29.8. The maximum atomic E-state index is 13.3. The van der Waals surface area contributed by atoms with Crippen LogP contribution in [0.5, 0.6) is 34.5 Å². The highest BCUT2D eigenvalue weighted by Crippen LogP contribution is 2.79. The topological polar surface area (TPSA) is 324 Å². The summed E-state index contributed by atoms with van der Waals surface area (Å²) in [7, 11) is -14.7. The smallest absolute Gasteiger partial charge is 0.413 e. The molecule has 0 bridgehead atoms. The SMILES string of the molecule is C/C(=N\OC(=O)c1ccccc1Cl)c1ccc(OP2(Oc3ccc(/C(C)=N/OC(=O)c4ccccc4Cl)cc3)=NP(Oc3ccc(/C(C)=N/OC(=O)c4ccccc4Cl)cc3)(Oc3ccc(/C(C)=N/OC(=O)c4ccccc4Cl)cc3)=NP(Oc3ccc(/C(C)=N/OC(=O)c4ccccc4Cl)cc3)(Oc3ccc(/C(C)=N/OC(=O)c4ccccc4Cl)cc3)=N2)cc1. The van der Waals surface area contributed by atoms with E-state index >= 15 is 0 Å². The van der Waals surface area contributed by atoms with E-state index in [2.05, 4.69) is 30.9 Å². The first-order chi connectivity index (χ1) is 60.7. The maximum Gasteiger partial charge on any atom is 0.460 e. The van der Waals surface area contributed by atoms with Gasteiger partial charge in [-0.05, 0) is 293 Å². The standard InChI is InChI=1S/C90H66Cl6N9O18P3/c1-55(97-112-85(106)73-19-7-13-25-79(73)91)61-31-43-67(44-32-61)118-124(119-68-45-33-62(34-46-68)56(2)98-113-86(107)74-20-8-14-26-80(74)92)103-125(120-69-47-35-63(36-48-69)57(3)99-114-87(108)75-21-9-15-27-81(75)93,121-70-49-37-64(38-50-70)58(4)100-115-88(109)76-22-10-16-28-82(76)94)105-126(104-124,122-71-51-39-65(40-52-71)59(5)101-116-89(110)77-23-11-17-29-83(77)95)123-72-53-41-66(42-54-72)60(6)102-117-90(111)78-24-12-18-30-84(78)96/h7-54H,1-6H3/b97-55+,98-56+,99-57+,100-58+,101-59+,102-60+. The number of rotatable bonds is 30. The molecular weight excluding hydrogens is 1800 g/mol. The molecule has 0 N–H and O–H groups in total. The first kappa shape index (κ1) is 90.4. The Hall–Kier alpha value is -13.3. The van der Waals surface area contributed by atoms with Crippen LogP contribution >= 0.6 is 92.6 Å². The van der Waals surface area contributed by atoms with Crippen LogP contribution < -0.4 is 27.1 Å². The zero-order valence-electron chi connectivity index (χ0n) is 66.7. The molecule has 0 aliphatic carbocycles. The summed E-state index contributed by atoms with van der Waals surface area (Å²) in [6, 6.07) is 75.6. The van der Waals surface area contributed by atoms with E-state index in [1.165, 1.54) is 146 Å². The van der Waals surface area contributed by atoms with Crippen molar-refractivity contribution in [2.75, 3.05) is 0 Å². The van der Waals surface area contributed by atoms with Gasteiger partial charge in [-0.15, -0.1) is 0 Å². The Balaban J connectivity index is 1.01. The van der Waals surface area contributed by atoms with Gasteiger partial charge >= 0.3 is 58.8 Å². The number of hydrogen-bond acceptors (Lipinski definition) is 27. The Morgan fingerprint density at radius 2 is 0.333 bits per heavy atom. The molecule has 13 rings (SSSR count). The third-order valence-corrected chi connectivity index (χ3v) is 27.9. The highest BCUT2D eigenvalue weighted by molar-refractivity contribution is 7.79. The van der Waals surface area contributed by atoms with Gasteiger partial charge in [0.2, 0.25) is 0 Å². The number of benzene rings is 12. The molecule has 126 heavy (non-hydrogen) atoms. The first-order valence-corrected chi connectivity index (χ1v) is 44.3. The number of carbonyl (C=O) groups excluding carboxylic acids is 6. The van der Waals surface area contributed by atoms with E-state index in [-0.39, 0.29) is 132 Å². The van der Waals surface area contributed by atoms with Crippen LogP contribution in [0.25, 0.3) is 0 Å². The van der Waals surface area contributed by atoms with Gasteiger partial charge in [0.05, 0.1) is 97.8 Å². The third kappa shape index (κ3) is 23.4. The molecule has 36 heteroatoms. The fourth-order valence-electron chi connectivity index (χ4n) is 11.2. The molecule has 1 heterocycles. The lowest BCUT2D eigenvalue weighted by Crippen LogP contribution is -2.11. The van der Waals surface area contributed by atoms with E-state index in [1.807, 2.05) is 0 Å². The lowest BCUT2D eigenvalue weighted by atomic mass is 10.1. The van der Waals surface area contributed by atoms with Crippen LogP contribution in [0.2, 0.25) is 30.1 Å². The average Bonchev–Trinajstić information content (AvgIpc) is 0.727. The van der Waals surface area contributed by atoms with Gasteiger partial charge in [0.25, 0.3) is 0 Å². The van der Waals surface area contributed by atoms with Crippen LogP contribution in [-0.4, -0.2) is 70.1 Å². The minimum absolute atomic E-state index is 0.00545. The van der Waals surface area contributed by atoms with Crippen LogP contribution in [0, 0.1) is 0 Å². The molecule has 1 aliphatic rings. The molecule has 0 amide bonds. The molecule has 0 spiro atoms. The largest absolute Gasteiger partial charge is 0.460 e. The van der Waals surface area contributed by atoms with Gasteiger partial charge in [-0.1, -0.05) is 187 Å². The van der Waals surface area contributed by atoms with E-state index < -0.39 is 58.8 Å². The summed E-state index contributed by atoms with van der Waals surface area (Å²) in [6.45, 7) is 9.62. The van der Waals surface area contributed by atoms with Gasteiger partial charge in [0.1, 0.15) is 34.5 Å². The summed E-state index contributed by atoms with van der Waals surface area (Å²) < 4.78 is 60.1. The van der Waals surface area contributed by atoms with Crippen LogP contribution in [0.4, 0.5) is 0 Å². The summed E-state index contributed by atoms with van der Waals surface area (Å²) in [5.74, 6) is -4.91. The average molecular weight is 1870 g/mol. The predicted octanol–water partition coefficient (Wildman–Crippen LogP) is 25.7. The summed E-state index contributed by atoms with van der Waals surface area (Å²) in [4.78, 5) is 112. The maximum absolute atomic E-state index is 13.3. The highest BCUT2D eigenvalue weighted by Gasteiger charge is 2.49. The van der Waals surface area contributed by atoms with Gasteiger partial charge < -0.3 is 56.2 Å². The molecule has 0 radical (unpaired) electrons. The highest BCUT2D eigenvalue weighted by atomic mass is 35.5. The van der Waals surface area contributed by atoms with Crippen molar-refractivity contribution in [2.24, 2.45) is 44.5 Å². The Morgan fingerprint density at radius 1 is 0.206 bits per heavy atom. The molecule has 0 saturated heterocycles. The number of halogens is 6. The van der Waals surface area contributed by atoms with Gasteiger partial charge in [-0.25, -0.2) is 28.8 Å². The zero-order valence-corrected chi connectivity index (χ0v) is 73.9. The van der Waals surface area contributed by atoms with Gasteiger partial charge in [-0.3, -0.25) is 0 Å². The number of oxime groups is 6. The van der Waals surface area contributed by atoms with Crippen molar-refractivity contribution in [1.82, 2.24) is 0 Å². The van der Waals surface area contributed by atoms with Crippen molar-refractivity contribution < 1.29 is 84.9 Å². The molecular formula is C90H66Cl6N9O18P3. The first-order valence-electron chi connectivity index (χ1n) is 37.4. The second-order valence-electron chi connectivity index (χ2n) is 26.6. The second-order valence-corrected chi connectivity index (χ2v) is 35.3. The van der Waals surface area contributed by atoms with E-state index in [1.54, 1.807) is 187 Å². The minimum atomic E-state index is -4.90. The Morgan fingerprint density at radius 3 is 0.460 bits per heavy atom. The lowest BCUT2D eigenvalue weighted by molar-refractivity contribution is 0.0508. The molecule has 0 fully saturated rings. The molecule has 636 valence electrons. The van der Waals surface area contributed by atoms with E-state index in [0.717, 1.165) is 0 Å². The summed E-state index contributed by atoms with van der Waals surface area (Å²) in [5, 5.41) is 25.7. The minimum Gasteiger partial charge on any atom is -0.413 e. The zero-order chi connectivity index (χ0) is 89.1. The second kappa shape index (κ2) is 41.5. The van der Waals surface area contributed by atoms with E-state index in [4.69, 9.17) is 139 Å². The number of hydrogen-bond donors (Lipinski definition) is 0. The van der Waals surface area contributed by atoms with Crippen LogP contribution in [0.1, 0.15) is 137 Å². The molecule has 27 nitrogen and oxygen atoms in total. The van der Waals surface area contributed by atoms with E-state index in [9.17, 15) is 28.8 Å². The summed E-state index contributed by atoms with van der Waals surface area (Å²) >= 11 is 38.2. The van der Waals surface area contributed by atoms with Gasteiger partial charge in [-0.2, -0.15) is 0 Å². The van der Waals surface area contributed by atoms with Crippen LogP contribution in [0.3, 0.4) is 0 Å². The molecule has 0 unspecified atom stereocenters. The Bertz CT molecular complexity index is 5550. The molecule has 0 aromatic heterocycles. The van der Waals surface area contributed by atoms with Crippen molar-refractivity contribution in [2.45, 2.75) is 41.5 Å². The van der Waals surface area contributed by atoms with Crippen molar-refractivity contribution >= 4 is 163 Å². The molecule has 12 aromatic rings. The van der Waals surface area contributed by atoms with Crippen molar-refractivity contribution in [3.8, 4) is 34.5 Å². The number of carbonyl (C=O) groups is 6. The predicted molar refractivity (Wildman–Crippen MR) is 485 cm³/mol. The summed E-state index contributed by atoms with van der Waals surface area (Å²) in [6.07, 6.45) is 0. The van der Waals surface area contributed by atoms with Gasteiger partial charge in [0, 0.05) is 0 Å². The quantitative estimate of drug-likeness (QED) is 0.0175. The normalized spacial score (nSPS) is 14.4. The third-order valence-electron chi connectivity index (χ3n) is 17.8. The fourth-order valence-corrected chi connectivity index (χ4v) is 21.5. The van der Waals surface area contributed by atoms with Crippen LogP contribution in [-0.2, 0) is 29.0 Å². The molecule has 0 atom stereocenters. The van der Waals surface area contributed by atoms with Crippen molar-refractivity contribution in [1.29, 1.82) is 0 Å². The monoisotopic (exact) mass is 1860 g/mol. The van der Waals surface area contributed by atoms with Crippen LogP contribution in [0.15, 0.2) is 336 Å². The molecule has 12 aromatic carbocycles. The molecule has 1 aliphatic heterocycles. The van der Waals surface area contributed by atoms with Crippen molar-refractivity contribution in [3.63, 3.8) is 0 Å². The Labute approximate surface area is 751 Å². The molecule has 0 saturated carbocycles. The summed E-state index contributed by atoms with van der Waals surface area (Å²) in [5.41, 5.74) is 4.41. The van der Waals surface area contributed by atoms with E-state index in [0.29, 0.717) is 33.4 Å². The van der Waals surface area contributed by atoms with Gasteiger partial charge in [0.15, 0.2) is 0 Å². The fraction of sp³-hybridized carbons (Fsp3) is 0.0667. The number of nitrogens with zero attached hydrogens (tertiary/aromatic N) is 9. The lowest BCUT2D eigenvalue weighted by Gasteiger charge is -2.33.